The smallest absolute Gasteiger partial charge is 0.146 e. The maximum Gasteiger partial charge on any atom is 0.146 e. The van der Waals surface area contributed by atoms with Crippen LogP contribution in [0.4, 0.5) is 0 Å². The number of likely N-dealkylation sites (N-methyl/N-ethyl adjacent to an activating group) is 1. The highest BCUT2D eigenvalue weighted by Gasteiger charge is 2.03. The average Bonchev–Trinajstić information content (AvgIpc) is 1.59. The second-order valence-electron chi connectivity index (χ2n) is 3.01. The van der Waals surface area contributed by atoms with E-state index in [1.165, 1.54) is 0 Å². The molecule has 0 saturated carbocycles. The van der Waals surface area contributed by atoms with Gasteiger partial charge in [0.2, 0.25) is 0 Å². The second-order valence-corrected chi connectivity index (χ2v) is 3.58. The van der Waals surface area contributed by atoms with E-state index in [0.29, 0.717) is 0 Å². The summed E-state index contributed by atoms with van der Waals surface area (Å²) < 4.78 is 6.04. The molecule has 0 heterocycles. The van der Waals surface area contributed by atoms with E-state index in [2.05, 4.69) is 21.1 Å². The molecule has 4 heteroatoms. The topological polar surface area (TPSA) is 9.23 Å². The van der Waals surface area contributed by atoms with Gasteiger partial charge in [0.1, 0.15) is 17.0 Å². The first-order chi connectivity index (χ1) is 3.56. The summed E-state index contributed by atoms with van der Waals surface area (Å²) in [5.41, 5.74) is 0. The fourth-order valence-corrected chi connectivity index (χ4v) is 0.548. The Labute approximate surface area is 66.7 Å². The van der Waals surface area contributed by atoms with Gasteiger partial charge >= 0.3 is 0 Å². The molecular weight excluding hydrogens is 154 g/mol. The Balaban J connectivity index is 0. The van der Waals surface area contributed by atoms with Crippen molar-refractivity contribution in [2.45, 2.75) is 0 Å². The third-order valence-corrected chi connectivity index (χ3v) is 1.37. The molecule has 0 N–H and O–H groups in total. The van der Waals surface area contributed by atoms with Gasteiger partial charge in [-0.1, -0.05) is 0 Å². The van der Waals surface area contributed by atoms with E-state index in [0.717, 1.165) is 28.1 Å². The van der Waals surface area contributed by atoms with Gasteiger partial charge in [0.15, 0.2) is 0 Å². The van der Waals surface area contributed by atoms with E-state index in [1.54, 1.807) is 0 Å². The molecule has 9 heavy (non-hydrogen) atoms. The summed E-state index contributed by atoms with van der Waals surface area (Å²) in [5, 5.41) is 0. The summed E-state index contributed by atoms with van der Waals surface area (Å²) in [4.78, 5) is 0. The third kappa shape index (κ3) is 11.8. The predicted octanol–water partition coefficient (Wildman–Crippen LogP) is -4.01. The van der Waals surface area contributed by atoms with Crippen LogP contribution in [-0.2, 0) is 4.43 Å². The Bertz CT molecular complexity index is 64.5. The number of hydrogen-bond acceptors (Lipinski definition) is 1. The SMILES string of the molecule is C[N+](C)(C)CCO[SiH3].[Cl-]. The zero-order valence-electron chi connectivity index (χ0n) is 6.65. The lowest BCUT2D eigenvalue weighted by Gasteiger charge is -2.23. The lowest BCUT2D eigenvalue weighted by Crippen LogP contribution is -3.00. The largest absolute Gasteiger partial charge is 1.00 e. The molecule has 0 rings (SSSR count). The summed E-state index contributed by atoms with van der Waals surface area (Å²) in [6.45, 7) is 2.03. The molecule has 0 saturated heterocycles. The van der Waals surface area contributed by atoms with E-state index < -0.39 is 0 Å². The van der Waals surface area contributed by atoms with Crippen molar-refractivity contribution < 1.29 is 21.3 Å². The minimum absolute atomic E-state index is 0. The molecule has 0 aromatic heterocycles. The maximum absolute atomic E-state index is 5.04. The standard InChI is InChI=1S/C5H16NOSi.ClH/c1-6(2,3)4-5-7-8;/h4-5H2,1-3,8H3;1H/q+1;/p-1. The van der Waals surface area contributed by atoms with Crippen LogP contribution in [0.5, 0.6) is 0 Å². The Morgan fingerprint density at radius 3 is 1.89 bits per heavy atom. The van der Waals surface area contributed by atoms with Crippen molar-refractivity contribution in [3.63, 3.8) is 0 Å². The Kier molecular flexibility index (Phi) is 7.05. The maximum atomic E-state index is 5.04. The van der Waals surface area contributed by atoms with Crippen molar-refractivity contribution in [1.29, 1.82) is 0 Å². The van der Waals surface area contributed by atoms with Gasteiger partial charge in [-0.2, -0.15) is 0 Å². The third-order valence-electron chi connectivity index (χ3n) is 0.966. The van der Waals surface area contributed by atoms with Crippen LogP contribution >= 0.6 is 0 Å². The molecule has 0 atom stereocenters. The van der Waals surface area contributed by atoms with Crippen molar-refractivity contribution in [1.82, 2.24) is 0 Å². The zero-order valence-corrected chi connectivity index (χ0v) is 9.40. The Hall–Kier alpha value is 0.427. The van der Waals surface area contributed by atoms with Gasteiger partial charge < -0.3 is 21.3 Å². The van der Waals surface area contributed by atoms with Gasteiger partial charge in [-0.3, -0.25) is 0 Å². The van der Waals surface area contributed by atoms with E-state index >= 15 is 0 Å². The molecular formula is C5H16ClNOSi. The highest BCUT2D eigenvalue weighted by atomic mass is 35.5. The fourth-order valence-electron chi connectivity index (χ4n) is 0.365. The van der Waals surface area contributed by atoms with Gasteiger partial charge in [0.05, 0.1) is 27.7 Å². The first-order valence-corrected chi connectivity index (χ1v) is 3.67. The van der Waals surface area contributed by atoms with E-state index in [4.69, 9.17) is 4.43 Å². The molecule has 58 valence electrons. The molecule has 0 spiro atoms. The molecule has 2 nitrogen and oxygen atoms in total. The number of quaternary nitrogens is 1. The lowest BCUT2D eigenvalue weighted by atomic mass is 10.5. The molecule has 0 aliphatic heterocycles. The molecule has 0 amide bonds. The summed E-state index contributed by atoms with van der Waals surface area (Å²) in [6.07, 6.45) is 0. The number of rotatable bonds is 3. The molecule has 0 aliphatic carbocycles. The van der Waals surface area contributed by atoms with Crippen LogP contribution in [0.2, 0.25) is 0 Å². The van der Waals surface area contributed by atoms with Crippen LogP contribution < -0.4 is 12.4 Å². The molecule has 0 aromatic carbocycles. The van der Waals surface area contributed by atoms with Gasteiger partial charge in [-0.15, -0.1) is 0 Å². The zero-order chi connectivity index (χ0) is 6.62. The summed E-state index contributed by atoms with van der Waals surface area (Å²) in [6, 6.07) is 0. The van der Waals surface area contributed by atoms with E-state index in [9.17, 15) is 0 Å². The van der Waals surface area contributed by atoms with Crippen molar-refractivity contribution in [2.24, 2.45) is 0 Å². The van der Waals surface area contributed by atoms with Crippen LogP contribution in [-0.4, -0.2) is 49.3 Å². The number of halogens is 1. The van der Waals surface area contributed by atoms with Crippen molar-refractivity contribution in [2.75, 3.05) is 34.3 Å². The molecule has 0 aliphatic rings. The van der Waals surface area contributed by atoms with Crippen LogP contribution in [0.15, 0.2) is 0 Å². The fraction of sp³-hybridized carbons (Fsp3) is 1.00. The quantitative estimate of drug-likeness (QED) is 0.309. The normalized spacial score (nSPS) is 11.0. The number of hydrogen-bond donors (Lipinski definition) is 0. The first kappa shape index (κ1) is 12.1. The van der Waals surface area contributed by atoms with Crippen LogP contribution in [0.25, 0.3) is 0 Å². The van der Waals surface area contributed by atoms with Gasteiger partial charge in [0.25, 0.3) is 0 Å². The molecule has 0 bridgehead atoms. The van der Waals surface area contributed by atoms with Crippen LogP contribution in [0.3, 0.4) is 0 Å². The van der Waals surface area contributed by atoms with Crippen LogP contribution in [0.1, 0.15) is 0 Å². The van der Waals surface area contributed by atoms with Crippen molar-refractivity contribution >= 4 is 10.5 Å². The molecule has 0 radical (unpaired) electrons. The molecule has 0 unspecified atom stereocenters. The lowest BCUT2D eigenvalue weighted by molar-refractivity contribution is -0.870. The first-order valence-electron chi connectivity index (χ1n) is 2.85. The van der Waals surface area contributed by atoms with E-state index in [1.807, 2.05) is 0 Å². The van der Waals surface area contributed by atoms with Crippen molar-refractivity contribution in [3.05, 3.63) is 0 Å². The van der Waals surface area contributed by atoms with Gasteiger partial charge in [-0.05, 0) is 0 Å². The molecule has 0 aromatic rings. The average molecular weight is 170 g/mol. The van der Waals surface area contributed by atoms with Crippen molar-refractivity contribution in [3.8, 4) is 0 Å². The summed E-state index contributed by atoms with van der Waals surface area (Å²) >= 11 is 0. The minimum atomic E-state index is 0. The monoisotopic (exact) mass is 169 g/mol. The Morgan fingerprint density at radius 1 is 1.33 bits per heavy atom. The van der Waals surface area contributed by atoms with Gasteiger partial charge in [-0.25, -0.2) is 0 Å². The summed E-state index contributed by atoms with van der Waals surface area (Å²) in [5.74, 6) is 0. The highest BCUT2D eigenvalue weighted by molar-refractivity contribution is 5.97. The summed E-state index contributed by atoms with van der Waals surface area (Å²) in [7, 11) is 7.37. The van der Waals surface area contributed by atoms with Crippen LogP contribution in [0, 0.1) is 0 Å². The van der Waals surface area contributed by atoms with Gasteiger partial charge in [0, 0.05) is 0 Å². The Morgan fingerprint density at radius 2 is 1.78 bits per heavy atom. The molecule has 0 fully saturated rings. The van der Waals surface area contributed by atoms with E-state index in [-0.39, 0.29) is 12.4 Å². The number of nitrogens with zero attached hydrogens (tertiary/aromatic N) is 1. The second kappa shape index (κ2) is 5.23. The minimum Gasteiger partial charge on any atom is -1.00 e. The predicted molar refractivity (Wildman–Crippen MR) is 38.8 cm³/mol. The highest BCUT2D eigenvalue weighted by Crippen LogP contribution is 1.86.